The average molecular weight is 305 g/mol. The van der Waals surface area contributed by atoms with E-state index < -0.39 is 42.0 Å². The van der Waals surface area contributed by atoms with Crippen LogP contribution in [0.2, 0.25) is 0 Å². The number of ether oxygens (including phenoxy) is 2. The molecular formula is C13H23NO7. The highest BCUT2D eigenvalue weighted by molar-refractivity contribution is 5.93. The largest absolute Gasteiger partial charge is 0.480 e. The summed E-state index contributed by atoms with van der Waals surface area (Å²) in [5.74, 6) is -1.55. The van der Waals surface area contributed by atoms with Gasteiger partial charge in [-0.2, -0.15) is 4.90 Å². The first kappa shape index (κ1) is 19.2. The maximum absolute atomic E-state index is 12.0. The van der Waals surface area contributed by atoms with Gasteiger partial charge in [0.25, 0.3) is 0 Å². The number of imide groups is 1. The van der Waals surface area contributed by atoms with Gasteiger partial charge in [-0.1, -0.05) is 0 Å². The second-order valence-electron chi connectivity index (χ2n) is 6.37. The number of aliphatic carboxylic acids is 1. The summed E-state index contributed by atoms with van der Waals surface area (Å²) in [6, 6.07) is -1.78. The molecule has 8 nitrogen and oxygen atoms in total. The lowest BCUT2D eigenvalue weighted by atomic mass is 10.2. The molecule has 21 heavy (non-hydrogen) atoms. The predicted molar refractivity (Wildman–Crippen MR) is 72.8 cm³/mol. The van der Waals surface area contributed by atoms with Crippen molar-refractivity contribution in [1.82, 2.24) is 4.90 Å². The van der Waals surface area contributed by atoms with Crippen molar-refractivity contribution in [3.63, 3.8) is 0 Å². The van der Waals surface area contributed by atoms with Gasteiger partial charge in [0, 0.05) is 0 Å². The Hall–Kier alpha value is -1.83. The Morgan fingerprint density at radius 3 is 1.48 bits per heavy atom. The first-order valence-corrected chi connectivity index (χ1v) is 6.37. The predicted octanol–water partition coefficient (Wildman–Crippen LogP) is 1.60. The van der Waals surface area contributed by atoms with Crippen LogP contribution in [-0.4, -0.2) is 57.1 Å². The Kier molecular flexibility index (Phi) is 6.16. The molecule has 0 radical (unpaired) electrons. The zero-order valence-corrected chi connectivity index (χ0v) is 13.2. The zero-order valence-electron chi connectivity index (χ0n) is 13.2. The van der Waals surface area contributed by atoms with Crippen LogP contribution in [0.5, 0.6) is 0 Å². The molecule has 0 aliphatic heterocycles. The van der Waals surface area contributed by atoms with Gasteiger partial charge in [0.2, 0.25) is 0 Å². The number of carboxylic acid groups (broad SMARTS) is 1. The number of aliphatic hydroxyl groups is 1. The summed E-state index contributed by atoms with van der Waals surface area (Å²) in [4.78, 5) is 35.4. The average Bonchev–Trinajstić information content (AvgIpc) is 2.19. The maximum Gasteiger partial charge on any atom is 0.420 e. The van der Waals surface area contributed by atoms with Crippen LogP contribution in [0, 0.1) is 0 Å². The molecule has 0 bridgehead atoms. The first-order valence-electron chi connectivity index (χ1n) is 6.37. The van der Waals surface area contributed by atoms with E-state index in [0.29, 0.717) is 0 Å². The van der Waals surface area contributed by atoms with E-state index in [9.17, 15) is 14.4 Å². The van der Waals surface area contributed by atoms with E-state index in [1.807, 2.05) is 0 Å². The van der Waals surface area contributed by atoms with Gasteiger partial charge in [0.05, 0.1) is 6.61 Å². The van der Waals surface area contributed by atoms with Gasteiger partial charge >= 0.3 is 18.2 Å². The van der Waals surface area contributed by atoms with E-state index >= 15 is 0 Å². The summed E-state index contributed by atoms with van der Waals surface area (Å²) in [6.45, 7) is 8.42. The van der Waals surface area contributed by atoms with E-state index in [0.717, 1.165) is 0 Å². The number of hydrogen-bond donors (Lipinski definition) is 2. The molecule has 0 aromatic rings. The van der Waals surface area contributed by atoms with Crippen LogP contribution >= 0.6 is 0 Å². The van der Waals surface area contributed by atoms with Gasteiger partial charge in [-0.3, -0.25) is 0 Å². The Morgan fingerprint density at radius 1 is 0.952 bits per heavy atom. The summed E-state index contributed by atoms with van der Waals surface area (Å²) in [7, 11) is 0. The first-order chi connectivity index (χ1) is 9.28. The summed E-state index contributed by atoms with van der Waals surface area (Å²) in [5, 5.41) is 18.1. The molecule has 122 valence electrons. The zero-order chi connectivity index (χ0) is 17.0. The molecule has 2 N–H and O–H groups in total. The van der Waals surface area contributed by atoms with Crippen molar-refractivity contribution in [3.8, 4) is 0 Å². The Labute approximate surface area is 123 Å². The molecule has 0 aromatic carbocycles. The smallest absolute Gasteiger partial charge is 0.420 e. The lowest BCUT2D eigenvalue weighted by Gasteiger charge is -2.30. The van der Waals surface area contributed by atoms with Crippen LogP contribution in [0.15, 0.2) is 0 Å². The van der Waals surface area contributed by atoms with Gasteiger partial charge < -0.3 is 19.7 Å². The summed E-state index contributed by atoms with van der Waals surface area (Å²) < 4.78 is 9.96. The van der Waals surface area contributed by atoms with Crippen LogP contribution in [-0.2, 0) is 14.3 Å². The molecule has 0 aromatic heterocycles. The third-order valence-electron chi connectivity index (χ3n) is 1.95. The van der Waals surface area contributed by atoms with Crippen molar-refractivity contribution in [2.24, 2.45) is 0 Å². The SMILES string of the molecule is CC(C)(C)OC(=O)N(C(=O)OC(C)(C)C)[C@H](CO)C(=O)O. The number of carbonyl (C=O) groups is 3. The lowest BCUT2D eigenvalue weighted by Crippen LogP contribution is -2.53. The maximum atomic E-state index is 12.0. The molecule has 0 saturated heterocycles. The van der Waals surface area contributed by atoms with Crippen molar-refractivity contribution >= 4 is 18.2 Å². The van der Waals surface area contributed by atoms with E-state index in [1.165, 1.54) is 0 Å². The molecule has 0 heterocycles. The number of rotatable bonds is 3. The van der Waals surface area contributed by atoms with Crippen molar-refractivity contribution in [1.29, 1.82) is 0 Å². The molecule has 8 heteroatoms. The van der Waals surface area contributed by atoms with Gasteiger partial charge in [0.15, 0.2) is 6.04 Å². The van der Waals surface area contributed by atoms with Gasteiger partial charge in [-0.15, -0.1) is 0 Å². The van der Waals surface area contributed by atoms with Crippen molar-refractivity contribution in [3.05, 3.63) is 0 Å². The third-order valence-corrected chi connectivity index (χ3v) is 1.95. The van der Waals surface area contributed by atoms with Crippen molar-refractivity contribution in [2.75, 3.05) is 6.61 Å². The van der Waals surface area contributed by atoms with Crippen LogP contribution in [0.4, 0.5) is 9.59 Å². The van der Waals surface area contributed by atoms with Crippen molar-refractivity contribution in [2.45, 2.75) is 58.8 Å². The molecule has 0 saturated carbocycles. The second-order valence-corrected chi connectivity index (χ2v) is 6.37. The van der Waals surface area contributed by atoms with Gasteiger partial charge in [-0.25, -0.2) is 14.4 Å². The van der Waals surface area contributed by atoms with Gasteiger partial charge in [0.1, 0.15) is 11.2 Å². The standard InChI is InChI=1S/C13H23NO7/c1-12(2,3)20-10(18)14(8(7-15)9(16)17)11(19)21-13(4,5)6/h8,15H,7H2,1-6H3,(H,16,17)/t8-/m1/s1. The topological polar surface area (TPSA) is 113 Å². The van der Waals surface area contributed by atoms with Crippen LogP contribution in [0.1, 0.15) is 41.5 Å². The number of amides is 2. The molecule has 0 unspecified atom stereocenters. The summed E-state index contributed by atoms with van der Waals surface area (Å²) in [6.07, 6.45) is -2.39. The molecule has 0 fully saturated rings. The molecule has 0 aliphatic rings. The number of nitrogens with zero attached hydrogens (tertiary/aromatic N) is 1. The van der Waals surface area contributed by atoms with E-state index in [4.69, 9.17) is 19.7 Å². The Bertz CT molecular complexity index is 378. The molecule has 0 spiro atoms. The van der Waals surface area contributed by atoms with E-state index in [1.54, 1.807) is 41.5 Å². The monoisotopic (exact) mass is 305 g/mol. The fraction of sp³-hybridized carbons (Fsp3) is 0.769. The third kappa shape index (κ3) is 6.94. The minimum Gasteiger partial charge on any atom is -0.480 e. The second kappa shape index (κ2) is 6.75. The van der Waals surface area contributed by atoms with Crippen molar-refractivity contribution < 1.29 is 34.1 Å². The number of hydrogen-bond acceptors (Lipinski definition) is 6. The number of carbonyl (C=O) groups excluding carboxylic acids is 2. The Morgan fingerprint density at radius 2 is 1.29 bits per heavy atom. The van der Waals surface area contributed by atoms with Gasteiger partial charge in [-0.05, 0) is 41.5 Å². The molecule has 2 amide bonds. The molecular weight excluding hydrogens is 282 g/mol. The normalized spacial score (nSPS) is 13.3. The van der Waals surface area contributed by atoms with Crippen LogP contribution in [0.25, 0.3) is 0 Å². The molecule has 1 atom stereocenters. The highest BCUT2D eigenvalue weighted by atomic mass is 16.6. The highest BCUT2D eigenvalue weighted by Gasteiger charge is 2.39. The lowest BCUT2D eigenvalue weighted by molar-refractivity contribution is -0.144. The summed E-state index contributed by atoms with van der Waals surface area (Å²) >= 11 is 0. The van der Waals surface area contributed by atoms with E-state index in [2.05, 4.69) is 0 Å². The minimum absolute atomic E-state index is 0.263. The fourth-order valence-corrected chi connectivity index (χ4v) is 1.22. The number of aliphatic hydroxyl groups excluding tert-OH is 1. The Balaban J connectivity index is 5.42. The molecule has 0 aliphatic carbocycles. The van der Waals surface area contributed by atoms with Crippen LogP contribution in [0.3, 0.4) is 0 Å². The fourth-order valence-electron chi connectivity index (χ4n) is 1.22. The molecule has 0 rings (SSSR count). The quantitative estimate of drug-likeness (QED) is 0.814. The minimum atomic E-state index is -1.78. The summed E-state index contributed by atoms with van der Waals surface area (Å²) in [5.41, 5.74) is -1.87. The van der Waals surface area contributed by atoms with E-state index in [-0.39, 0.29) is 4.90 Å². The van der Waals surface area contributed by atoms with Crippen LogP contribution < -0.4 is 0 Å². The highest BCUT2D eigenvalue weighted by Crippen LogP contribution is 2.16. The number of carboxylic acids is 1.